The lowest BCUT2D eigenvalue weighted by atomic mass is 10.1. The van der Waals surface area contributed by atoms with Crippen LogP contribution in [0.5, 0.6) is 0 Å². The van der Waals surface area contributed by atoms with Gasteiger partial charge in [-0.25, -0.2) is 4.79 Å². The molecule has 0 N–H and O–H groups in total. The van der Waals surface area contributed by atoms with Crippen LogP contribution in [0.15, 0.2) is 43.0 Å². The fourth-order valence-corrected chi connectivity index (χ4v) is 7.04. The zero-order valence-electron chi connectivity index (χ0n) is 15.0. The van der Waals surface area contributed by atoms with Gasteiger partial charge in [0.25, 0.3) is 0 Å². The van der Waals surface area contributed by atoms with Crippen molar-refractivity contribution in [1.82, 2.24) is 0 Å². The molecule has 1 unspecified atom stereocenters. The number of allylic oxidation sites excluding steroid dienone is 1. The van der Waals surface area contributed by atoms with E-state index in [9.17, 15) is 4.79 Å². The van der Waals surface area contributed by atoms with Gasteiger partial charge in [0.15, 0.2) is 6.10 Å². The number of carbonyl (C=O) groups excluding carboxylic acids is 1. The highest BCUT2D eigenvalue weighted by atomic mass is 28.4. The van der Waals surface area contributed by atoms with Crippen molar-refractivity contribution < 1.29 is 14.0 Å². The predicted molar refractivity (Wildman–Crippen MR) is 97.9 cm³/mol. The second-order valence-corrected chi connectivity index (χ2v) is 11.3. The topological polar surface area (TPSA) is 35.5 Å². The van der Waals surface area contributed by atoms with Crippen molar-refractivity contribution in [3.63, 3.8) is 0 Å². The average molecular weight is 335 g/mol. The molecular formula is C19H30O3Si. The number of hydrogen-bond acceptors (Lipinski definition) is 3. The van der Waals surface area contributed by atoms with Crippen molar-refractivity contribution in [3.8, 4) is 0 Å². The van der Waals surface area contributed by atoms with E-state index in [4.69, 9.17) is 9.16 Å². The first-order valence-electron chi connectivity index (χ1n) is 8.39. The highest BCUT2D eigenvalue weighted by Crippen LogP contribution is 2.41. The van der Waals surface area contributed by atoms with E-state index in [1.165, 1.54) is 0 Å². The van der Waals surface area contributed by atoms with Crippen LogP contribution in [0, 0.1) is 0 Å². The van der Waals surface area contributed by atoms with Crippen molar-refractivity contribution in [2.75, 3.05) is 6.61 Å². The minimum Gasteiger partial charge on any atom is -0.464 e. The van der Waals surface area contributed by atoms with Gasteiger partial charge >= 0.3 is 5.97 Å². The highest BCUT2D eigenvalue weighted by molar-refractivity contribution is 6.77. The minimum absolute atomic E-state index is 0.305. The number of rotatable bonds is 9. The van der Waals surface area contributed by atoms with Gasteiger partial charge in [0.1, 0.15) is 0 Å². The number of esters is 1. The van der Waals surface area contributed by atoms with Crippen LogP contribution in [0.25, 0.3) is 0 Å². The van der Waals surface area contributed by atoms with Crippen LogP contribution in [0.1, 0.15) is 46.3 Å². The molecule has 3 nitrogen and oxygen atoms in total. The second-order valence-electron chi connectivity index (χ2n) is 6.42. The molecule has 0 aromatic heterocycles. The molecule has 4 heteroatoms. The van der Waals surface area contributed by atoms with E-state index in [1.807, 2.05) is 43.3 Å². The Hall–Kier alpha value is -1.39. The molecule has 0 bridgehead atoms. The zero-order chi connectivity index (χ0) is 17.5. The van der Waals surface area contributed by atoms with Gasteiger partial charge in [-0.15, -0.1) is 6.58 Å². The van der Waals surface area contributed by atoms with Gasteiger partial charge in [0.05, 0.1) is 6.61 Å². The third-order valence-corrected chi connectivity index (χ3v) is 9.87. The first kappa shape index (κ1) is 19.7. The average Bonchev–Trinajstić information content (AvgIpc) is 2.51. The highest BCUT2D eigenvalue weighted by Gasteiger charge is 2.44. The molecule has 1 aromatic carbocycles. The fraction of sp³-hybridized carbons (Fsp3) is 0.526. The molecule has 0 saturated carbocycles. The largest absolute Gasteiger partial charge is 0.464 e. The first-order valence-corrected chi connectivity index (χ1v) is 10.7. The molecule has 0 aliphatic carbocycles. The van der Waals surface area contributed by atoms with Crippen molar-refractivity contribution in [3.05, 3.63) is 48.6 Å². The summed E-state index contributed by atoms with van der Waals surface area (Å²) >= 11 is 0. The van der Waals surface area contributed by atoms with Gasteiger partial charge in [-0.3, -0.25) is 0 Å². The van der Waals surface area contributed by atoms with Gasteiger partial charge in [-0.05, 0) is 29.6 Å². The van der Waals surface area contributed by atoms with E-state index in [0.29, 0.717) is 17.7 Å². The monoisotopic (exact) mass is 334 g/mol. The standard InChI is InChI=1S/C19H30O3Si/c1-7-14-23(15(3)4,16(5)6)22-18(19(20)21-8-2)17-12-10-9-11-13-17/h7,9-13,15-16,18H,1,8,14H2,2-6H3. The van der Waals surface area contributed by atoms with E-state index in [1.54, 1.807) is 0 Å². The summed E-state index contributed by atoms with van der Waals surface area (Å²) in [4.78, 5) is 12.5. The van der Waals surface area contributed by atoms with Gasteiger partial charge in [-0.2, -0.15) is 0 Å². The number of hydrogen-bond donors (Lipinski definition) is 0. The fourth-order valence-electron chi connectivity index (χ4n) is 3.00. The van der Waals surface area contributed by atoms with Crippen LogP contribution in [0.3, 0.4) is 0 Å². The Labute approximate surface area is 141 Å². The lowest BCUT2D eigenvalue weighted by molar-refractivity contribution is -0.152. The second kappa shape index (κ2) is 9.04. The molecule has 0 amide bonds. The van der Waals surface area contributed by atoms with Crippen molar-refractivity contribution in [1.29, 1.82) is 0 Å². The molecule has 1 atom stereocenters. The molecule has 0 radical (unpaired) electrons. The summed E-state index contributed by atoms with van der Waals surface area (Å²) in [5, 5.41) is 0. The molecule has 0 aliphatic rings. The Morgan fingerprint density at radius 3 is 2.17 bits per heavy atom. The molecule has 0 aliphatic heterocycles. The number of ether oxygens (including phenoxy) is 1. The summed E-state index contributed by atoms with van der Waals surface area (Å²) in [5.41, 5.74) is 1.61. The maximum Gasteiger partial charge on any atom is 0.338 e. The Bertz CT molecular complexity index is 489. The Balaban J connectivity index is 3.24. The van der Waals surface area contributed by atoms with E-state index >= 15 is 0 Å². The van der Waals surface area contributed by atoms with Crippen molar-refractivity contribution in [2.24, 2.45) is 0 Å². The predicted octanol–water partition coefficient (Wildman–Crippen LogP) is 5.26. The number of benzene rings is 1. The third-order valence-electron chi connectivity index (χ3n) is 4.36. The Kier molecular flexibility index (Phi) is 7.72. The molecule has 1 rings (SSSR count). The summed E-state index contributed by atoms with van der Waals surface area (Å²) in [6.07, 6.45) is 1.27. The minimum atomic E-state index is -2.21. The Morgan fingerprint density at radius 1 is 1.17 bits per heavy atom. The summed E-state index contributed by atoms with van der Waals surface area (Å²) in [6.45, 7) is 14.8. The van der Waals surface area contributed by atoms with Gasteiger partial charge in [0, 0.05) is 0 Å². The maximum atomic E-state index is 12.5. The van der Waals surface area contributed by atoms with Crippen LogP contribution >= 0.6 is 0 Å². The molecule has 128 valence electrons. The molecule has 0 saturated heterocycles. The molecular weight excluding hydrogens is 304 g/mol. The van der Waals surface area contributed by atoms with Crippen molar-refractivity contribution >= 4 is 14.3 Å². The summed E-state index contributed by atoms with van der Waals surface area (Å²) in [5.74, 6) is -0.305. The summed E-state index contributed by atoms with van der Waals surface area (Å²) < 4.78 is 11.9. The quantitative estimate of drug-likeness (QED) is 0.351. The first-order chi connectivity index (χ1) is 10.9. The Morgan fingerprint density at radius 2 is 1.74 bits per heavy atom. The van der Waals surface area contributed by atoms with Crippen LogP contribution in [0.2, 0.25) is 17.1 Å². The summed E-state index contributed by atoms with van der Waals surface area (Å²) in [6, 6.07) is 10.5. The number of carbonyl (C=O) groups is 1. The molecule has 23 heavy (non-hydrogen) atoms. The van der Waals surface area contributed by atoms with Gasteiger partial charge in [-0.1, -0.05) is 64.1 Å². The molecule has 0 heterocycles. The molecule has 1 aromatic rings. The van der Waals surface area contributed by atoms with Crippen LogP contribution in [-0.2, 0) is 14.0 Å². The SMILES string of the molecule is C=CC[Si](OC(C(=O)OCC)c1ccccc1)(C(C)C)C(C)C. The van der Waals surface area contributed by atoms with E-state index in [-0.39, 0.29) is 5.97 Å². The lowest BCUT2D eigenvalue weighted by Crippen LogP contribution is -2.46. The maximum absolute atomic E-state index is 12.5. The van der Waals surface area contributed by atoms with E-state index < -0.39 is 14.4 Å². The van der Waals surface area contributed by atoms with Crippen LogP contribution in [0.4, 0.5) is 0 Å². The zero-order valence-corrected chi connectivity index (χ0v) is 16.0. The van der Waals surface area contributed by atoms with Crippen LogP contribution < -0.4 is 0 Å². The lowest BCUT2D eigenvalue weighted by Gasteiger charge is -2.40. The smallest absolute Gasteiger partial charge is 0.338 e. The van der Waals surface area contributed by atoms with Gasteiger partial charge < -0.3 is 9.16 Å². The normalized spacial score (nSPS) is 13.2. The van der Waals surface area contributed by atoms with Gasteiger partial charge in [0.2, 0.25) is 8.32 Å². The van der Waals surface area contributed by atoms with Crippen molar-refractivity contribution in [2.45, 2.75) is 57.8 Å². The molecule has 0 fully saturated rings. The van der Waals surface area contributed by atoms with E-state index in [2.05, 4.69) is 34.3 Å². The summed E-state index contributed by atoms with van der Waals surface area (Å²) in [7, 11) is -2.21. The van der Waals surface area contributed by atoms with Crippen LogP contribution in [-0.4, -0.2) is 20.9 Å². The third kappa shape index (κ3) is 4.79. The molecule has 0 spiro atoms. The van der Waals surface area contributed by atoms with E-state index in [0.717, 1.165) is 11.6 Å².